The van der Waals surface area contributed by atoms with Gasteiger partial charge in [0, 0.05) is 27.9 Å². The van der Waals surface area contributed by atoms with Gasteiger partial charge in [-0.05, 0) is 17.7 Å². The number of ketones is 1. The lowest BCUT2D eigenvalue weighted by Gasteiger charge is -2.02. The quantitative estimate of drug-likeness (QED) is 0.778. The predicted octanol–water partition coefficient (Wildman–Crippen LogP) is 4.49. The zero-order chi connectivity index (χ0) is 13.1. The van der Waals surface area contributed by atoms with Gasteiger partial charge in [-0.3, -0.25) is 4.79 Å². The largest absolute Gasteiger partial charge is 0.496 e. The molecule has 0 N–H and O–H groups in total. The van der Waals surface area contributed by atoms with Gasteiger partial charge in [0.1, 0.15) is 5.75 Å². The number of benzene rings is 1. The van der Waals surface area contributed by atoms with Gasteiger partial charge in [0.05, 0.1) is 12.0 Å². The third kappa shape index (κ3) is 3.05. The molecule has 0 fully saturated rings. The molecule has 0 saturated heterocycles. The van der Waals surface area contributed by atoms with Crippen LogP contribution in [0.1, 0.15) is 15.2 Å². The fourth-order valence-electron chi connectivity index (χ4n) is 1.50. The van der Waals surface area contributed by atoms with Crippen LogP contribution in [0.3, 0.4) is 0 Å². The average molecular weight is 301 g/mol. The molecule has 1 heterocycles. The molecule has 0 bridgehead atoms. The first-order valence-corrected chi connectivity index (χ1v) is 6.83. The zero-order valence-electron chi connectivity index (χ0n) is 9.57. The maximum absolute atomic E-state index is 12.0. The number of carbonyl (C=O) groups excluding carboxylic acids is 1. The van der Waals surface area contributed by atoms with Crippen LogP contribution in [0.25, 0.3) is 0 Å². The van der Waals surface area contributed by atoms with E-state index in [1.807, 2.05) is 0 Å². The summed E-state index contributed by atoms with van der Waals surface area (Å²) in [6.45, 7) is 0. The van der Waals surface area contributed by atoms with E-state index in [0.717, 1.165) is 5.56 Å². The minimum Gasteiger partial charge on any atom is -0.496 e. The molecule has 0 unspecified atom stereocenters. The molecule has 0 atom stereocenters. The summed E-state index contributed by atoms with van der Waals surface area (Å²) in [6.07, 6.45) is 0.264. The normalized spacial score (nSPS) is 10.4. The zero-order valence-corrected chi connectivity index (χ0v) is 11.9. The minimum absolute atomic E-state index is 0.0209. The van der Waals surface area contributed by atoms with E-state index in [1.54, 1.807) is 36.8 Å². The average Bonchev–Trinajstić information content (AvgIpc) is 2.81. The van der Waals surface area contributed by atoms with Gasteiger partial charge in [0.15, 0.2) is 5.78 Å². The third-order valence-corrected chi connectivity index (χ3v) is 3.99. The van der Waals surface area contributed by atoms with Crippen molar-refractivity contribution in [1.29, 1.82) is 0 Å². The van der Waals surface area contributed by atoms with Gasteiger partial charge in [-0.2, -0.15) is 0 Å². The van der Waals surface area contributed by atoms with Crippen LogP contribution in [0.2, 0.25) is 10.0 Å². The molecule has 0 radical (unpaired) electrons. The second-order valence-electron chi connectivity index (χ2n) is 3.69. The van der Waals surface area contributed by atoms with Crippen molar-refractivity contribution < 1.29 is 9.53 Å². The van der Waals surface area contributed by atoms with Gasteiger partial charge < -0.3 is 4.74 Å². The summed E-state index contributed by atoms with van der Waals surface area (Å²) in [5.41, 5.74) is 0.776. The summed E-state index contributed by atoms with van der Waals surface area (Å²) in [6, 6.07) is 6.87. The lowest BCUT2D eigenvalue weighted by molar-refractivity contribution is 0.0996. The Balaban J connectivity index is 2.16. The number of thiophene rings is 1. The maximum atomic E-state index is 12.0. The number of rotatable bonds is 4. The molecular formula is C13H10Cl2O2S. The monoisotopic (exact) mass is 300 g/mol. The van der Waals surface area contributed by atoms with E-state index in [1.165, 1.54) is 11.3 Å². The first-order valence-electron chi connectivity index (χ1n) is 5.20. The molecule has 5 heteroatoms. The third-order valence-electron chi connectivity index (χ3n) is 2.45. The number of hydrogen-bond donors (Lipinski definition) is 0. The van der Waals surface area contributed by atoms with E-state index < -0.39 is 0 Å². The van der Waals surface area contributed by atoms with Gasteiger partial charge in [0.25, 0.3) is 0 Å². The van der Waals surface area contributed by atoms with Gasteiger partial charge in [0.2, 0.25) is 0 Å². The topological polar surface area (TPSA) is 26.3 Å². The van der Waals surface area contributed by atoms with Crippen LogP contribution in [0.4, 0.5) is 0 Å². The Morgan fingerprint density at radius 3 is 2.72 bits per heavy atom. The van der Waals surface area contributed by atoms with Crippen LogP contribution in [-0.2, 0) is 6.42 Å². The van der Waals surface area contributed by atoms with E-state index in [2.05, 4.69) is 0 Å². The number of methoxy groups -OCH3 is 1. The fourth-order valence-corrected chi connectivity index (χ4v) is 2.77. The molecule has 1 aromatic heterocycles. The van der Waals surface area contributed by atoms with Crippen molar-refractivity contribution in [1.82, 2.24) is 0 Å². The summed E-state index contributed by atoms with van der Waals surface area (Å²) in [7, 11) is 1.58. The highest BCUT2D eigenvalue weighted by molar-refractivity contribution is 7.12. The lowest BCUT2D eigenvalue weighted by Crippen LogP contribution is -2.01. The Labute approximate surface area is 119 Å². The van der Waals surface area contributed by atoms with Crippen LogP contribution in [0, 0.1) is 0 Å². The van der Waals surface area contributed by atoms with E-state index in [-0.39, 0.29) is 12.2 Å². The lowest BCUT2D eigenvalue weighted by atomic mass is 10.1. The van der Waals surface area contributed by atoms with Crippen molar-refractivity contribution in [3.63, 3.8) is 0 Å². The van der Waals surface area contributed by atoms with Crippen LogP contribution in [-0.4, -0.2) is 12.9 Å². The Morgan fingerprint density at radius 1 is 1.33 bits per heavy atom. The van der Waals surface area contributed by atoms with Crippen molar-refractivity contribution >= 4 is 40.3 Å². The van der Waals surface area contributed by atoms with Crippen molar-refractivity contribution in [2.24, 2.45) is 0 Å². The van der Waals surface area contributed by atoms with Crippen LogP contribution >= 0.6 is 34.5 Å². The summed E-state index contributed by atoms with van der Waals surface area (Å²) >= 11 is 13.2. The molecule has 2 aromatic rings. The van der Waals surface area contributed by atoms with Gasteiger partial charge >= 0.3 is 0 Å². The standard InChI is InChI=1S/C13H10Cl2O2S/c1-17-10-6-13(18-7-10)12(16)4-8-2-3-9(14)5-11(8)15/h2-3,5-7H,4H2,1H3. The molecule has 94 valence electrons. The molecule has 0 saturated carbocycles. The van der Waals surface area contributed by atoms with Crippen molar-refractivity contribution in [3.05, 3.63) is 50.1 Å². The van der Waals surface area contributed by atoms with Crippen LogP contribution < -0.4 is 4.74 Å². The fraction of sp³-hybridized carbons (Fsp3) is 0.154. The molecule has 0 aliphatic carbocycles. The summed E-state index contributed by atoms with van der Waals surface area (Å²) in [4.78, 5) is 12.7. The number of hydrogen-bond acceptors (Lipinski definition) is 3. The summed E-state index contributed by atoms with van der Waals surface area (Å²) in [5.74, 6) is 0.720. The molecule has 18 heavy (non-hydrogen) atoms. The molecule has 2 nitrogen and oxygen atoms in total. The highest BCUT2D eigenvalue weighted by Gasteiger charge is 2.12. The maximum Gasteiger partial charge on any atom is 0.177 e. The van der Waals surface area contributed by atoms with E-state index >= 15 is 0 Å². The van der Waals surface area contributed by atoms with Crippen molar-refractivity contribution in [2.75, 3.05) is 7.11 Å². The summed E-state index contributed by atoms with van der Waals surface area (Å²) < 4.78 is 5.05. The Bertz CT molecular complexity index is 578. The second kappa shape index (κ2) is 5.74. The SMILES string of the molecule is COc1csc(C(=O)Cc2ccc(Cl)cc2Cl)c1. The molecule has 2 rings (SSSR count). The number of halogens is 2. The molecular weight excluding hydrogens is 291 g/mol. The Hall–Kier alpha value is -1.03. The van der Waals surface area contributed by atoms with Gasteiger partial charge in [-0.15, -0.1) is 11.3 Å². The minimum atomic E-state index is 0.0209. The van der Waals surface area contributed by atoms with E-state index in [0.29, 0.717) is 20.7 Å². The molecule has 1 aromatic carbocycles. The van der Waals surface area contributed by atoms with Crippen molar-refractivity contribution in [2.45, 2.75) is 6.42 Å². The Kier molecular flexibility index (Phi) is 4.27. The number of Topliss-reactive ketones (excluding diaryl/α,β-unsaturated/α-hetero) is 1. The van der Waals surface area contributed by atoms with Gasteiger partial charge in [-0.25, -0.2) is 0 Å². The van der Waals surface area contributed by atoms with Gasteiger partial charge in [-0.1, -0.05) is 29.3 Å². The smallest absolute Gasteiger partial charge is 0.177 e. The Morgan fingerprint density at radius 2 is 2.11 bits per heavy atom. The molecule has 0 aliphatic rings. The van der Waals surface area contributed by atoms with Crippen LogP contribution in [0.5, 0.6) is 5.75 Å². The second-order valence-corrected chi connectivity index (χ2v) is 5.44. The first kappa shape index (κ1) is 13.4. The van der Waals surface area contributed by atoms with E-state index in [9.17, 15) is 4.79 Å². The van der Waals surface area contributed by atoms with Crippen LogP contribution in [0.15, 0.2) is 29.6 Å². The van der Waals surface area contributed by atoms with E-state index in [4.69, 9.17) is 27.9 Å². The molecule has 0 aliphatic heterocycles. The molecule has 0 amide bonds. The number of carbonyl (C=O) groups is 1. The number of ether oxygens (including phenoxy) is 1. The molecule has 0 spiro atoms. The predicted molar refractivity (Wildman–Crippen MR) is 75.4 cm³/mol. The highest BCUT2D eigenvalue weighted by atomic mass is 35.5. The first-order chi connectivity index (χ1) is 8.60. The highest BCUT2D eigenvalue weighted by Crippen LogP contribution is 2.25. The summed E-state index contributed by atoms with van der Waals surface area (Å²) in [5, 5.41) is 2.88. The van der Waals surface area contributed by atoms with Crippen molar-refractivity contribution in [3.8, 4) is 5.75 Å².